The minimum Gasteiger partial charge on any atom is -0.497 e. The van der Waals surface area contributed by atoms with Crippen molar-refractivity contribution in [2.45, 2.75) is 52.0 Å². The Morgan fingerprint density at radius 1 is 1.10 bits per heavy atom. The van der Waals surface area contributed by atoms with Crippen molar-refractivity contribution in [2.75, 3.05) is 20.2 Å². The Labute approximate surface area is 185 Å². The summed E-state index contributed by atoms with van der Waals surface area (Å²) in [5.74, 6) is 0.636. The summed E-state index contributed by atoms with van der Waals surface area (Å²) >= 11 is 0. The highest BCUT2D eigenvalue weighted by molar-refractivity contribution is 7.89. The number of amides is 1. The van der Waals surface area contributed by atoms with Crippen LogP contribution < -0.4 is 10.1 Å². The normalized spacial score (nSPS) is 19.8. The van der Waals surface area contributed by atoms with E-state index in [2.05, 4.69) is 5.32 Å². The first-order valence-electron chi connectivity index (χ1n) is 10.6. The van der Waals surface area contributed by atoms with Gasteiger partial charge in [0.1, 0.15) is 5.75 Å². The first-order chi connectivity index (χ1) is 14.6. The molecule has 0 aromatic heterocycles. The second kappa shape index (κ2) is 9.01. The number of hydrogen-bond acceptors (Lipinski definition) is 4. The first kappa shape index (κ1) is 23.3. The molecule has 1 aliphatic heterocycles. The highest BCUT2D eigenvalue weighted by Crippen LogP contribution is 2.34. The number of piperidine rings is 1. The molecule has 168 valence electrons. The van der Waals surface area contributed by atoms with Crippen LogP contribution in [0.3, 0.4) is 0 Å². The van der Waals surface area contributed by atoms with Crippen LogP contribution in [0, 0.1) is 26.2 Å². The summed E-state index contributed by atoms with van der Waals surface area (Å²) in [6.45, 7) is 8.56. The summed E-state index contributed by atoms with van der Waals surface area (Å²) in [5.41, 5.74) is 2.94. The van der Waals surface area contributed by atoms with Gasteiger partial charge in [0.25, 0.3) is 0 Å². The number of nitrogens with zero attached hydrogens (tertiary/aromatic N) is 1. The summed E-state index contributed by atoms with van der Waals surface area (Å²) in [5, 5.41) is 2.99. The lowest BCUT2D eigenvalue weighted by Gasteiger charge is -2.38. The fourth-order valence-corrected chi connectivity index (χ4v) is 5.97. The third kappa shape index (κ3) is 4.93. The third-order valence-electron chi connectivity index (χ3n) is 6.23. The van der Waals surface area contributed by atoms with Gasteiger partial charge in [0, 0.05) is 19.6 Å². The molecule has 0 bridgehead atoms. The van der Waals surface area contributed by atoms with Gasteiger partial charge in [-0.3, -0.25) is 4.79 Å². The number of hydrogen-bond donors (Lipinski definition) is 1. The molecule has 1 fully saturated rings. The molecular formula is C24H32N2O4S. The number of aryl methyl sites for hydroxylation is 3. The smallest absolute Gasteiger partial charge is 0.243 e. The van der Waals surface area contributed by atoms with Crippen LogP contribution in [-0.2, 0) is 21.4 Å². The second-order valence-electron chi connectivity index (χ2n) is 8.74. The van der Waals surface area contributed by atoms with E-state index in [0.717, 1.165) is 28.0 Å². The van der Waals surface area contributed by atoms with E-state index in [1.807, 2.05) is 58.0 Å². The minimum atomic E-state index is -3.67. The molecule has 0 aliphatic carbocycles. The van der Waals surface area contributed by atoms with Gasteiger partial charge < -0.3 is 10.1 Å². The fraction of sp³-hybridized carbons (Fsp3) is 0.458. The lowest BCUT2D eigenvalue weighted by molar-refractivity contribution is -0.132. The van der Waals surface area contributed by atoms with E-state index in [9.17, 15) is 13.2 Å². The van der Waals surface area contributed by atoms with Gasteiger partial charge in [0.2, 0.25) is 15.9 Å². The average Bonchev–Trinajstić information content (AvgIpc) is 2.74. The van der Waals surface area contributed by atoms with Crippen LogP contribution >= 0.6 is 0 Å². The zero-order chi connectivity index (χ0) is 22.8. The number of sulfonamides is 1. The van der Waals surface area contributed by atoms with E-state index < -0.39 is 15.4 Å². The molecule has 1 amide bonds. The molecule has 0 spiro atoms. The second-order valence-corrected chi connectivity index (χ2v) is 10.6. The van der Waals surface area contributed by atoms with Crippen molar-refractivity contribution in [1.82, 2.24) is 9.62 Å². The van der Waals surface area contributed by atoms with Crippen LogP contribution in [0.2, 0.25) is 0 Å². The van der Waals surface area contributed by atoms with E-state index in [-0.39, 0.29) is 12.5 Å². The van der Waals surface area contributed by atoms with Crippen molar-refractivity contribution in [2.24, 2.45) is 5.41 Å². The zero-order valence-corrected chi connectivity index (χ0v) is 19.8. The summed E-state index contributed by atoms with van der Waals surface area (Å²) in [4.78, 5) is 13.4. The number of ether oxygens (including phenoxy) is 1. The molecule has 1 aliphatic rings. The molecule has 1 atom stereocenters. The SMILES string of the molecule is COc1ccc(CNC(=O)C2(C)CCCN(S(=O)(=O)c3cc(C)c(C)cc3C)C2)cc1. The van der Waals surface area contributed by atoms with Crippen LogP contribution in [0.1, 0.15) is 42.0 Å². The molecule has 31 heavy (non-hydrogen) atoms. The van der Waals surface area contributed by atoms with Crippen LogP contribution in [-0.4, -0.2) is 38.8 Å². The highest BCUT2D eigenvalue weighted by Gasteiger charge is 2.42. The van der Waals surface area contributed by atoms with Crippen molar-refractivity contribution in [3.05, 3.63) is 58.7 Å². The molecular weight excluding hydrogens is 412 g/mol. The molecule has 1 N–H and O–H groups in total. The van der Waals surface area contributed by atoms with Crippen LogP contribution in [0.25, 0.3) is 0 Å². The zero-order valence-electron chi connectivity index (χ0n) is 19.0. The van der Waals surface area contributed by atoms with E-state index in [1.165, 1.54) is 4.31 Å². The number of nitrogens with one attached hydrogen (secondary N) is 1. The minimum absolute atomic E-state index is 0.125. The molecule has 0 radical (unpaired) electrons. The maximum Gasteiger partial charge on any atom is 0.243 e. The van der Waals surface area contributed by atoms with E-state index in [0.29, 0.717) is 30.8 Å². The molecule has 1 heterocycles. The lowest BCUT2D eigenvalue weighted by atomic mass is 9.82. The number of rotatable bonds is 6. The van der Waals surface area contributed by atoms with Gasteiger partial charge in [-0.05, 0) is 81.0 Å². The summed E-state index contributed by atoms with van der Waals surface area (Å²) in [6.07, 6.45) is 1.30. The summed E-state index contributed by atoms with van der Waals surface area (Å²) in [6, 6.07) is 11.2. The maximum absolute atomic E-state index is 13.4. The first-order valence-corrected chi connectivity index (χ1v) is 12.0. The number of carbonyl (C=O) groups excluding carboxylic acids is 1. The van der Waals surface area contributed by atoms with Crippen molar-refractivity contribution in [1.29, 1.82) is 0 Å². The largest absolute Gasteiger partial charge is 0.497 e. The van der Waals surface area contributed by atoms with Crippen molar-refractivity contribution in [3.8, 4) is 5.75 Å². The Kier molecular flexibility index (Phi) is 6.76. The third-order valence-corrected chi connectivity index (χ3v) is 8.22. The van der Waals surface area contributed by atoms with Gasteiger partial charge in [0.15, 0.2) is 0 Å². The Bertz CT molecular complexity index is 1060. The Hall–Kier alpha value is -2.38. The van der Waals surface area contributed by atoms with E-state index >= 15 is 0 Å². The Balaban J connectivity index is 1.74. The molecule has 0 saturated carbocycles. The maximum atomic E-state index is 13.4. The predicted molar refractivity (Wildman–Crippen MR) is 122 cm³/mol. The molecule has 2 aromatic rings. The van der Waals surface area contributed by atoms with Gasteiger partial charge in [0.05, 0.1) is 17.4 Å². The van der Waals surface area contributed by atoms with Crippen LogP contribution in [0.4, 0.5) is 0 Å². The number of carbonyl (C=O) groups is 1. The van der Waals surface area contributed by atoms with Crippen molar-refractivity contribution in [3.63, 3.8) is 0 Å². The Morgan fingerprint density at radius 3 is 2.39 bits per heavy atom. The molecule has 3 rings (SSSR count). The molecule has 6 nitrogen and oxygen atoms in total. The Morgan fingerprint density at radius 2 is 1.74 bits per heavy atom. The summed E-state index contributed by atoms with van der Waals surface area (Å²) < 4.78 is 33.4. The van der Waals surface area contributed by atoms with E-state index in [4.69, 9.17) is 4.74 Å². The van der Waals surface area contributed by atoms with Gasteiger partial charge >= 0.3 is 0 Å². The summed E-state index contributed by atoms with van der Waals surface area (Å²) in [7, 11) is -2.06. The van der Waals surface area contributed by atoms with Crippen molar-refractivity contribution >= 4 is 15.9 Å². The molecule has 7 heteroatoms. The van der Waals surface area contributed by atoms with Gasteiger partial charge in [-0.15, -0.1) is 0 Å². The van der Waals surface area contributed by atoms with Crippen LogP contribution in [0.5, 0.6) is 5.75 Å². The number of methoxy groups -OCH3 is 1. The highest BCUT2D eigenvalue weighted by atomic mass is 32.2. The predicted octanol–water partition coefficient (Wildman–Crippen LogP) is 3.73. The van der Waals surface area contributed by atoms with Gasteiger partial charge in [-0.2, -0.15) is 4.31 Å². The van der Waals surface area contributed by atoms with Crippen LogP contribution in [0.15, 0.2) is 41.3 Å². The number of benzene rings is 2. The van der Waals surface area contributed by atoms with Gasteiger partial charge in [-0.1, -0.05) is 18.2 Å². The fourth-order valence-electron chi connectivity index (χ4n) is 4.07. The van der Waals surface area contributed by atoms with Crippen molar-refractivity contribution < 1.29 is 17.9 Å². The lowest BCUT2D eigenvalue weighted by Crippen LogP contribution is -2.51. The monoisotopic (exact) mass is 444 g/mol. The molecule has 2 aromatic carbocycles. The molecule has 1 saturated heterocycles. The standard InChI is InChI=1S/C24H32N2O4S/c1-17-13-19(3)22(14-18(17)2)31(28,29)26-12-6-11-24(4,16-26)23(27)25-15-20-7-9-21(30-5)10-8-20/h7-10,13-14H,6,11-12,15-16H2,1-5H3,(H,25,27). The topological polar surface area (TPSA) is 75.7 Å². The quantitative estimate of drug-likeness (QED) is 0.737. The van der Waals surface area contributed by atoms with E-state index in [1.54, 1.807) is 13.2 Å². The van der Waals surface area contributed by atoms with Gasteiger partial charge in [-0.25, -0.2) is 8.42 Å². The average molecular weight is 445 g/mol. The molecule has 1 unspecified atom stereocenters.